The van der Waals surface area contributed by atoms with Gasteiger partial charge in [0.15, 0.2) is 0 Å². The first kappa shape index (κ1) is 12.6. The molecule has 1 aromatic carbocycles. The standard InChI is InChI=1S/C15H19NO3/c1-9-6-7-19-14(9)15(18)16-13-11-5-3-2-4-10(11)8-12(13)17/h2-5,9,12-14,17H,6-8H2,1H3,(H,16,18). The average Bonchev–Trinajstić information content (AvgIpc) is 2.94. The van der Waals surface area contributed by atoms with E-state index in [1.807, 2.05) is 31.2 Å². The lowest BCUT2D eigenvalue weighted by atomic mass is 10.0. The first-order valence-corrected chi connectivity index (χ1v) is 6.84. The highest BCUT2D eigenvalue weighted by Crippen LogP contribution is 2.32. The summed E-state index contributed by atoms with van der Waals surface area (Å²) in [6, 6.07) is 7.55. The van der Waals surface area contributed by atoms with Gasteiger partial charge in [0.2, 0.25) is 5.91 Å². The van der Waals surface area contributed by atoms with Gasteiger partial charge in [0.05, 0.1) is 12.1 Å². The summed E-state index contributed by atoms with van der Waals surface area (Å²) in [7, 11) is 0. The Labute approximate surface area is 112 Å². The maximum absolute atomic E-state index is 12.2. The fourth-order valence-electron chi connectivity index (χ4n) is 3.01. The average molecular weight is 261 g/mol. The van der Waals surface area contributed by atoms with Gasteiger partial charge in [-0.2, -0.15) is 0 Å². The summed E-state index contributed by atoms with van der Waals surface area (Å²) in [6.07, 6.45) is 0.599. The van der Waals surface area contributed by atoms with Crippen LogP contribution in [0.4, 0.5) is 0 Å². The molecule has 0 spiro atoms. The second-order valence-corrected chi connectivity index (χ2v) is 5.51. The first-order chi connectivity index (χ1) is 9.16. The highest BCUT2D eigenvalue weighted by Gasteiger charge is 2.36. The van der Waals surface area contributed by atoms with Crippen LogP contribution in [-0.4, -0.2) is 29.8 Å². The number of fused-ring (bicyclic) bond motifs is 1. The molecule has 19 heavy (non-hydrogen) atoms. The Balaban J connectivity index is 1.75. The lowest BCUT2D eigenvalue weighted by molar-refractivity contribution is -0.133. The maximum Gasteiger partial charge on any atom is 0.249 e. The molecule has 2 aliphatic rings. The summed E-state index contributed by atoms with van der Waals surface area (Å²) in [4.78, 5) is 12.2. The Hall–Kier alpha value is -1.39. The lowest BCUT2D eigenvalue weighted by Gasteiger charge is -2.21. The van der Waals surface area contributed by atoms with Gasteiger partial charge in [0.1, 0.15) is 6.10 Å². The zero-order chi connectivity index (χ0) is 13.4. The predicted molar refractivity (Wildman–Crippen MR) is 70.6 cm³/mol. The molecule has 4 heteroatoms. The van der Waals surface area contributed by atoms with E-state index in [1.165, 1.54) is 0 Å². The molecular weight excluding hydrogens is 242 g/mol. The van der Waals surface area contributed by atoms with Crippen LogP contribution in [0.1, 0.15) is 30.5 Å². The molecule has 4 unspecified atom stereocenters. The van der Waals surface area contributed by atoms with Gasteiger partial charge >= 0.3 is 0 Å². The van der Waals surface area contributed by atoms with Crippen molar-refractivity contribution in [2.24, 2.45) is 5.92 Å². The number of rotatable bonds is 2. The minimum Gasteiger partial charge on any atom is -0.390 e. The van der Waals surface area contributed by atoms with Gasteiger partial charge < -0.3 is 15.2 Å². The van der Waals surface area contributed by atoms with Crippen molar-refractivity contribution in [2.45, 2.75) is 38.0 Å². The summed E-state index contributed by atoms with van der Waals surface area (Å²) in [5.41, 5.74) is 2.13. The molecule has 2 N–H and O–H groups in total. The summed E-state index contributed by atoms with van der Waals surface area (Å²) in [6.45, 7) is 2.67. The minimum atomic E-state index is -0.543. The van der Waals surface area contributed by atoms with Crippen molar-refractivity contribution >= 4 is 5.91 Å². The number of nitrogens with one attached hydrogen (secondary N) is 1. The van der Waals surface area contributed by atoms with Crippen LogP contribution in [0.25, 0.3) is 0 Å². The van der Waals surface area contributed by atoms with Crippen molar-refractivity contribution < 1.29 is 14.6 Å². The van der Waals surface area contributed by atoms with E-state index in [-0.39, 0.29) is 24.0 Å². The lowest BCUT2D eigenvalue weighted by Crippen LogP contribution is -2.42. The highest BCUT2D eigenvalue weighted by molar-refractivity contribution is 5.82. The quantitative estimate of drug-likeness (QED) is 0.840. The van der Waals surface area contributed by atoms with Crippen LogP contribution in [0.15, 0.2) is 24.3 Å². The van der Waals surface area contributed by atoms with E-state index in [1.54, 1.807) is 0 Å². The van der Waals surface area contributed by atoms with E-state index in [0.29, 0.717) is 13.0 Å². The van der Waals surface area contributed by atoms with Crippen molar-refractivity contribution in [3.05, 3.63) is 35.4 Å². The van der Waals surface area contributed by atoms with E-state index < -0.39 is 6.10 Å². The van der Waals surface area contributed by atoms with Crippen molar-refractivity contribution in [1.82, 2.24) is 5.32 Å². The summed E-state index contributed by atoms with van der Waals surface area (Å²) in [5.74, 6) is 0.138. The molecular formula is C15H19NO3. The molecule has 1 fully saturated rings. The molecule has 0 radical (unpaired) electrons. The molecule has 1 saturated heterocycles. The third-order valence-electron chi connectivity index (χ3n) is 4.15. The van der Waals surface area contributed by atoms with E-state index in [4.69, 9.17) is 4.74 Å². The number of carbonyl (C=O) groups excluding carboxylic acids is 1. The molecule has 1 aliphatic heterocycles. The van der Waals surface area contributed by atoms with Crippen LogP contribution < -0.4 is 5.32 Å². The molecule has 4 atom stereocenters. The third kappa shape index (κ3) is 2.26. The number of aliphatic hydroxyl groups is 1. The van der Waals surface area contributed by atoms with Gasteiger partial charge in [-0.1, -0.05) is 31.2 Å². The van der Waals surface area contributed by atoms with Gasteiger partial charge in [-0.05, 0) is 23.5 Å². The summed E-state index contributed by atoms with van der Waals surface area (Å²) in [5, 5.41) is 13.1. The molecule has 1 heterocycles. The van der Waals surface area contributed by atoms with Crippen LogP contribution >= 0.6 is 0 Å². The van der Waals surface area contributed by atoms with Crippen molar-refractivity contribution in [2.75, 3.05) is 6.61 Å². The van der Waals surface area contributed by atoms with E-state index in [9.17, 15) is 9.90 Å². The molecule has 4 nitrogen and oxygen atoms in total. The molecule has 102 valence electrons. The second-order valence-electron chi connectivity index (χ2n) is 5.51. The normalized spacial score (nSPS) is 33.2. The molecule has 1 amide bonds. The predicted octanol–water partition coefficient (Wildman–Crippen LogP) is 1.19. The molecule has 0 bridgehead atoms. The Kier molecular flexibility index (Phi) is 3.29. The molecule has 0 aromatic heterocycles. The van der Waals surface area contributed by atoms with Gasteiger partial charge in [0.25, 0.3) is 0 Å². The Morgan fingerprint density at radius 3 is 2.95 bits per heavy atom. The second kappa shape index (κ2) is 4.94. The van der Waals surface area contributed by atoms with Crippen LogP contribution in [-0.2, 0) is 16.0 Å². The highest BCUT2D eigenvalue weighted by atomic mass is 16.5. The minimum absolute atomic E-state index is 0.106. The maximum atomic E-state index is 12.2. The van der Waals surface area contributed by atoms with E-state index in [0.717, 1.165) is 17.5 Å². The Bertz CT molecular complexity index is 488. The van der Waals surface area contributed by atoms with Gasteiger partial charge in [-0.15, -0.1) is 0 Å². The van der Waals surface area contributed by atoms with Gasteiger partial charge in [-0.3, -0.25) is 4.79 Å². The third-order valence-corrected chi connectivity index (χ3v) is 4.15. The molecule has 1 aromatic rings. The number of benzene rings is 1. The number of hydrogen-bond acceptors (Lipinski definition) is 3. The van der Waals surface area contributed by atoms with E-state index >= 15 is 0 Å². The van der Waals surface area contributed by atoms with Crippen molar-refractivity contribution in [3.8, 4) is 0 Å². The number of ether oxygens (including phenoxy) is 1. The monoisotopic (exact) mass is 261 g/mol. The van der Waals surface area contributed by atoms with Crippen LogP contribution in [0.2, 0.25) is 0 Å². The summed E-state index contributed by atoms with van der Waals surface area (Å²) < 4.78 is 5.47. The summed E-state index contributed by atoms with van der Waals surface area (Å²) >= 11 is 0. The number of aliphatic hydroxyl groups excluding tert-OH is 1. The van der Waals surface area contributed by atoms with Gasteiger partial charge in [0, 0.05) is 13.0 Å². The van der Waals surface area contributed by atoms with Crippen LogP contribution in [0.5, 0.6) is 0 Å². The fourth-order valence-corrected chi connectivity index (χ4v) is 3.01. The zero-order valence-corrected chi connectivity index (χ0v) is 11.0. The van der Waals surface area contributed by atoms with E-state index in [2.05, 4.69) is 5.32 Å². The molecule has 0 saturated carbocycles. The van der Waals surface area contributed by atoms with Crippen LogP contribution in [0.3, 0.4) is 0 Å². The fraction of sp³-hybridized carbons (Fsp3) is 0.533. The molecule has 3 rings (SSSR count). The topological polar surface area (TPSA) is 58.6 Å². The Morgan fingerprint density at radius 1 is 1.42 bits per heavy atom. The number of carbonyl (C=O) groups is 1. The smallest absolute Gasteiger partial charge is 0.249 e. The zero-order valence-electron chi connectivity index (χ0n) is 11.0. The van der Waals surface area contributed by atoms with Crippen molar-refractivity contribution in [1.29, 1.82) is 0 Å². The first-order valence-electron chi connectivity index (χ1n) is 6.84. The largest absolute Gasteiger partial charge is 0.390 e. The number of amides is 1. The van der Waals surface area contributed by atoms with Crippen molar-refractivity contribution in [3.63, 3.8) is 0 Å². The number of hydrogen-bond donors (Lipinski definition) is 2. The Morgan fingerprint density at radius 2 is 2.21 bits per heavy atom. The SMILES string of the molecule is CC1CCOC1C(=O)NC1c2ccccc2CC1O. The molecule has 1 aliphatic carbocycles. The van der Waals surface area contributed by atoms with Crippen LogP contribution in [0, 0.1) is 5.92 Å². The van der Waals surface area contributed by atoms with Gasteiger partial charge in [-0.25, -0.2) is 0 Å².